The average molecular weight is 655 g/mol. The molecule has 0 bridgehead atoms. The lowest BCUT2D eigenvalue weighted by Crippen LogP contribution is -2.67. The SMILES string of the molecule is CO[C@@H](C)c1ccccc1-c1[nH]c2ccc(Br)cc2c1CC(C)(C)CO[Si](c1ccccc1)(c1ccccc1)C(C)(C)C. The van der Waals surface area contributed by atoms with Crippen LogP contribution in [0.3, 0.4) is 0 Å². The van der Waals surface area contributed by atoms with Gasteiger partial charge >= 0.3 is 0 Å². The molecule has 5 heteroatoms. The summed E-state index contributed by atoms with van der Waals surface area (Å²) in [5.74, 6) is 0. The van der Waals surface area contributed by atoms with Gasteiger partial charge < -0.3 is 14.1 Å². The van der Waals surface area contributed by atoms with Gasteiger partial charge in [-0.2, -0.15) is 0 Å². The smallest absolute Gasteiger partial charge is 0.261 e. The van der Waals surface area contributed by atoms with E-state index in [-0.39, 0.29) is 16.6 Å². The third-order valence-corrected chi connectivity index (χ3v) is 14.1. The van der Waals surface area contributed by atoms with Gasteiger partial charge in [-0.05, 0) is 63.5 Å². The second-order valence-corrected chi connectivity index (χ2v) is 18.6. The molecule has 1 N–H and O–H groups in total. The Balaban J connectivity index is 1.59. The molecule has 5 rings (SSSR count). The Hall–Kier alpha value is -2.96. The maximum Gasteiger partial charge on any atom is 0.261 e. The van der Waals surface area contributed by atoms with E-state index in [2.05, 4.69) is 166 Å². The summed E-state index contributed by atoms with van der Waals surface area (Å²) < 4.78 is 14.3. The molecule has 0 saturated carbocycles. The maximum atomic E-state index is 7.44. The second kappa shape index (κ2) is 12.6. The van der Waals surface area contributed by atoms with Crippen molar-refractivity contribution in [3.63, 3.8) is 0 Å². The molecule has 0 saturated heterocycles. The van der Waals surface area contributed by atoms with E-state index in [1.165, 1.54) is 32.5 Å². The molecule has 1 aromatic heterocycles. The van der Waals surface area contributed by atoms with Gasteiger partial charge in [0.1, 0.15) is 0 Å². The molecule has 0 aliphatic rings. The van der Waals surface area contributed by atoms with Crippen LogP contribution in [0.25, 0.3) is 22.2 Å². The summed E-state index contributed by atoms with van der Waals surface area (Å²) in [7, 11) is -0.887. The molecule has 1 heterocycles. The van der Waals surface area contributed by atoms with Crippen LogP contribution < -0.4 is 10.4 Å². The number of aromatic amines is 1. The van der Waals surface area contributed by atoms with E-state index < -0.39 is 8.32 Å². The van der Waals surface area contributed by atoms with Crippen LogP contribution in [-0.2, 0) is 15.6 Å². The first-order chi connectivity index (χ1) is 20.5. The van der Waals surface area contributed by atoms with Crippen LogP contribution in [0.15, 0.2) is 108 Å². The van der Waals surface area contributed by atoms with Crippen LogP contribution in [0.4, 0.5) is 0 Å². The van der Waals surface area contributed by atoms with Crippen LogP contribution in [0.2, 0.25) is 5.04 Å². The standard InChI is InChI=1S/C38H44BrNO2Si/c1-27(41-7)31-20-14-15-21-32(31)36-34(33-24-28(39)22-23-35(33)40-36)25-38(5,6)26-42-43(37(2,3)4,29-16-10-8-11-17-29)30-18-12-9-13-19-30/h8-24,27,40H,25-26H2,1-7H3/t27-/m0/s1. The third kappa shape index (κ3) is 6.32. The molecule has 0 radical (unpaired) electrons. The molecule has 0 unspecified atom stereocenters. The van der Waals surface area contributed by atoms with Crippen molar-refractivity contribution < 1.29 is 9.16 Å². The quantitative estimate of drug-likeness (QED) is 0.152. The minimum Gasteiger partial charge on any atom is -0.407 e. The highest BCUT2D eigenvalue weighted by molar-refractivity contribution is 9.10. The molecule has 0 fully saturated rings. The number of hydrogen-bond donors (Lipinski definition) is 1. The number of rotatable bonds is 10. The van der Waals surface area contributed by atoms with Gasteiger partial charge in [-0.3, -0.25) is 0 Å². The van der Waals surface area contributed by atoms with Crippen molar-refractivity contribution in [1.82, 2.24) is 4.98 Å². The minimum absolute atomic E-state index is 0.0197. The molecule has 0 spiro atoms. The average Bonchev–Trinajstić information content (AvgIpc) is 3.33. The fourth-order valence-electron chi connectivity index (χ4n) is 6.43. The van der Waals surface area contributed by atoms with Gasteiger partial charge in [0, 0.05) is 34.7 Å². The number of benzene rings is 4. The summed E-state index contributed by atoms with van der Waals surface area (Å²) >= 11 is 3.74. The van der Waals surface area contributed by atoms with Gasteiger partial charge in [-0.15, -0.1) is 0 Å². The van der Waals surface area contributed by atoms with Crippen LogP contribution in [-0.4, -0.2) is 27.0 Å². The topological polar surface area (TPSA) is 34.2 Å². The normalized spacial score (nSPS) is 13.4. The second-order valence-electron chi connectivity index (χ2n) is 13.4. The summed E-state index contributed by atoms with van der Waals surface area (Å²) in [5.41, 5.74) is 5.81. The molecule has 0 aliphatic carbocycles. The van der Waals surface area contributed by atoms with Crippen LogP contribution >= 0.6 is 15.9 Å². The van der Waals surface area contributed by atoms with Crippen molar-refractivity contribution >= 4 is 45.5 Å². The zero-order valence-corrected chi connectivity index (χ0v) is 29.1. The van der Waals surface area contributed by atoms with E-state index >= 15 is 0 Å². The summed E-state index contributed by atoms with van der Waals surface area (Å²) in [6, 6.07) is 36.9. The Bertz CT molecular complexity index is 1630. The van der Waals surface area contributed by atoms with Crippen molar-refractivity contribution in [2.45, 2.75) is 59.1 Å². The number of fused-ring (bicyclic) bond motifs is 1. The molecule has 0 aliphatic heterocycles. The van der Waals surface area contributed by atoms with E-state index in [4.69, 9.17) is 9.16 Å². The van der Waals surface area contributed by atoms with Crippen molar-refractivity contribution in [3.8, 4) is 11.3 Å². The molecule has 5 aromatic rings. The highest BCUT2D eigenvalue weighted by atomic mass is 79.9. The predicted molar refractivity (Wildman–Crippen MR) is 188 cm³/mol. The predicted octanol–water partition coefficient (Wildman–Crippen LogP) is 9.45. The largest absolute Gasteiger partial charge is 0.407 e. The molecular weight excluding hydrogens is 610 g/mol. The number of halogens is 1. The summed E-state index contributed by atoms with van der Waals surface area (Å²) in [5, 5.41) is 3.79. The molecule has 1 atom stereocenters. The Morgan fingerprint density at radius 3 is 1.95 bits per heavy atom. The van der Waals surface area contributed by atoms with Crippen molar-refractivity contribution in [1.29, 1.82) is 0 Å². The fraction of sp³-hybridized carbons (Fsp3) is 0.316. The van der Waals surface area contributed by atoms with Gasteiger partial charge in [0.2, 0.25) is 0 Å². The first-order valence-corrected chi connectivity index (χ1v) is 17.8. The number of hydrogen-bond acceptors (Lipinski definition) is 2. The Morgan fingerprint density at radius 2 is 1.37 bits per heavy atom. The van der Waals surface area contributed by atoms with E-state index in [9.17, 15) is 0 Å². The molecule has 224 valence electrons. The highest BCUT2D eigenvalue weighted by Crippen LogP contribution is 2.41. The molecular formula is C38H44BrNO2Si. The fourth-order valence-corrected chi connectivity index (χ4v) is 11.6. The third-order valence-electron chi connectivity index (χ3n) is 8.64. The summed E-state index contributed by atoms with van der Waals surface area (Å²) in [4.78, 5) is 3.79. The lowest BCUT2D eigenvalue weighted by atomic mass is 9.84. The number of ether oxygens (including phenoxy) is 1. The van der Waals surface area contributed by atoms with E-state index in [1.807, 2.05) is 0 Å². The zero-order valence-electron chi connectivity index (χ0n) is 26.5. The van der Waals surface area contributed by atoms with Gasteiger partial charge in [-0.25, -0.2) is 0 Å². The van der Waals surface area contributed by atoms with E-state index in [0.29, 0.717) is 6.61 Å². The number of methoxy groups -OCH3 is 1. The summed E-state index contributed by atoms with van der Waals surface area (Å²) in [6.07, 6.45) is 0.834. The van der Waals surface area contributed by atoms with Crippen LogP contribution in [0.1, 0.15) is 58.8 Å². The van der Waals surface area contributed by atoms with Gasteiger partial charge in [0.05, 0.1) is 11.8 Å². The molecule has 0 amide bonds. The highest BCUT2D eigenvalue weighted by Gasteiger charge is 2.50. The van der Waals surface area contributed by atoms with Crippen LogP contribution in [0, 0.1) is 5.41 Å². The lowest BCUT2D eigenvalue weighted by Gasteiger charge is -2.44. The number of nitrogens with one attached hydrogen (secondary N) is 1. The number of aromatic nitrogens is 1. The maximum absolute atomic E-state index is 7.44. The Kier molecular flexibility index (Phi) is 9.20. The summed E-state index contributed by atoms with van der Waals surface area (Å²) in [6.45, 7) is 14.5. The molecule has 43 heavy (non-hydrogen) atoms. The first kappa shape index (κ1) is 31.5. The zero-order chi connectivity index (χ0) is 30.8. The first-order valence-electron chi connectivity index (χ1n) is 15.1. The molecule has 3 nitrogen and oxygen atoms in total. The monoisotopic (exact) mass is 653 g/mol. The van der Waals surface area contributed by atoms with Gasteiger partial charge in [0.25, 0.3) is 8.32 Å². The van der Waals surface area contributed by atoms with Crippen molar-refractivity contribution in [2.24, 2.45) is 5.41 Å². The lowest BCUT2D eigenvalue weighted by molar-refractivity contribution is 0.120. The Labute approximate surface area is 266 Å². The Morgan fingerprint density at radius 1 is 0.791 bits per heavy atom. The van der Waals surface area contributed by atoms with Gasteiger partial charge in [-0.1, -0.05) is 135 Å². The van der Waals surface area contributed by atoms with Crippen molar-refractivity contribution in [3.05, 3.63) is 119 Å². The van der Waals surface area contributed by atoms with E-state index in [1.54, 1.807) is 7.11 Å². The van der Waals surface area contributed by atoms with Crippen molar-refractivity contribution in [2.75, 3.05) is 13.7 Å². The number of H-pyrrole nitrogens is 1. The van der Waals surface area contributed by atoms with E-state index in [0.717, 1.165) is 22.1 Å². The van der Waals surface area contributed by atoms with Gasteiger partial charge in [0.15, 0.2) is 0 Å². The van der Waals surface area contributed by atoms with Crippen LogP contribution in [0.5, 0.6) is 0 Å². The molecule has 4 aromatic carbocycles. The minimum atomic E-state index is -2.66.